The van der Waals surface area contributed by atoms with Crippen molar-refractivity contribution in [1.82, 2.24) is 0 Å². The summed E-state index contributed by atoms with van der Waals surface area (Å²) in [6, 6.07) is 5.68. The maximum Gasteiger partial charge on any atom is 0.315 e. The highest BCUT2D eigenvalue weighted by atomic mass is 19.1. The lowest BCUT2D eigenvalue weighted by atomic mass is 9.74. The lowest BCUT2D eigenvalue weighted by molar-refractivity contribution is -0.144. The number of nitrogens with two attached hydrogens (primary N) is 1. The molecule has 0 spiro atoms. The van der Waals surface area contributed by atoms with E-state index in [1.165, 1.54) is 18.2 Å². The van der Waals surface area contributed by atoms with E-state index in [1.54, 1.807) is 6.07 Å². The molecule has 0 aliphatic heterocycles. The number of carboxylic acid groups (broad SMARTS) is 1. The number of carbonyl (C=O) groups is 1. The molecule has 0 bridgehead atoms. The molecule has 1 unspecified atom stereocenters. The highest BCUT2D eigenvalue weighted by molar-refractivity contribution is 5.81. The van der Waals surface area contributed by atoms with E-state index in [2.05, 4.69) is 0 Å². The van der Waals surface area contributed by atoms with Crippen molar-refractivity contribution in [3.05, 3.63) is 35.6 Å². The predicted octanol–water partition coefficient (Wildman–Crippen LogP) is 2.15. The first-order valence-corrected chi connectivity index (χ1v) is 5.62. The molecule has 1 rings (SSSR count). The minimum Gasteiger partial charge on any atom is -0.481 e. The van der Waals surface area contributed by atoms with Gasteiger partial charge >= 0.3 is 5.97 Å². The van der Waals surface area contributed by atoms with Crippen LogP contribution >= 0.6 is 0 Å². The quantitative estimate of drug-likeness (QED) is 0.827. The van der Waals surface area contributed by atoms with Crippen LogP contribution in [0.1, 0.15) is 25.8 Å². The van der Waals surface area contributed by atoms with Crippen LogP contribution in [0.25, 0.3) is 0 Å². The number of hydrogen-bond donors (Lipinski definition) is 2. The Bertz CT molecular complexity index is 406. The van der Waals surface area contributed by atoms with Crippen LogP contribution in [0.5, 0.6) is 0 Å². The molecule has 3 N–H and O–H groups in total. The van der Waals surface area contributed by atoms with Gasteiger partial charge in [0.15, 0.2) is 0 Å². The summed E-state index contributed by atoms with van der Waals surface area (Å²) in [5.74, 6) is -1.28. The van der Waals surface area contributed by atoms with E-state index in [9.17, 15) is 14.3 Å². The normalized spacial score (nSPS) is 14.6. The first kappa shape index (κ1) is 13.6. The van der Waals surface area contributed by atoms with E-state index in [1.807, 2.05) is 13.8 Å². The molecule has 0 aliphatic carbocycles. The van der Waals surface area contributed by atoms with Crippen LogP contribution < -0.4 is 5.73 Å². The van der Waals surface area contributed by atoms with Gasteiger partial charge in [0, 0.05) is 6.54 Å². The summed E-state index contributed by atoms with van der Waals surface area (Å²) < 4.78 is 13.2. The van der Waals surface area contributed by atoms with Gasteiger partial charge in [-0.15, -0.1) is 0 Å². The summed E-state index contributed by atoms with van der Waals surface area (Å²) in [5.41, 5.74) is 4.87. The molecule has 94 valence electrons. The molecule has 17 heavy (non-hydrogen) atoms. The number of aliphatic carboxylic acids is 1. The SMILES string of the molecule is CC(C)CC(CN)(C(=O)O)c1cccc(F)c1. The zero-order chi connectivity index (χ0) is 13.1. The monoisotopic (exact) mass is 239 g/mol. The minimum absolute atomic E-state index is 0.0377. The molecule has 0 fully saturated rings. The first-order valence-electron chi connectivity index (χ1n) is 5.62. The first-order chi connectivity index (χ1) is 7.92. The molecule has 0 saturated carbocycles. The lowest BCUT2D eigenvalue weighted by Gasteiger charge is -2.30. The zero-order valence-corrected chi connectivity index (χ0v) is 10.1. The Morgan fingerprint density at radius 2 is 2.18 bits per heavy atom. The Balaban J connectivity index is 3.26. The van der Waals surface area contributed by atoms with Gasteiger partial charge in [0.1, 0.15) is 11.2 Å². The van der Waals surface area contributed by atoms with Gasteiger partial charge in [-0.2, -0.15) is 0 Å². The third-order valence-corrected chi connectivity index (χ3v) is 2.89. The van der Waals surface area contributed by atoms with Gasteiger partial charge < -0.3 is 10.8 Å². The molecule has 1 aromatic rings. The van der Waals surface area contributed by atoms with Gasteiger partial charge in [-0.25, -0.2) is 4.39 Å². The van der Waals surface area contributed by atoms with Crippen LogP contribution in [0.15, 0.2) is 24.3 Å². The van der Waals surface area contributed by atoms with Crippen molar-refractivity contribution >= 4 is 5.97 Å². The molecule has 1 atom stereocenters. The third-order valence-electron chi connectivity index (χ3n) is 2.89. The largest absolute Gasteiger partial charge is 0.481 e. The average molecular weight is 239 g/mol. The summed E-state index contributed by atoms with van der Waals surface area (Å²) in [4.78, 5) is 11.5. The standard InChI is InChI=1S/C13H18FNO2/c1-9(2)7-13(8-15,12(16)17)10-4-3-5-11(14)6-10/h3-6,9H,7-8,15H2,1-2H3,(H,16,17). The number of carboxylic acids is 1. The highest BCUT2D eigenvalue weighted by Crippen LogP contribution is 2.31. The van der Waals surface area contributed by atoms with Gasteiger partial charge in [-0.05, 0) is 30.0 Å². The van der Waals surface area contributed by atoms with Crippen LogP contribution in [0.3, 0.4) is 0 Å². The van der Waals surface area contributed by atoms with Crippen molar-refractivity contribution < 1.29 is 14.3 Å². The molecule has 0 amide bonds. The van der Waals surface area contributed by atoms with Crippen LogP contribution in [-0.4, -0.2) is 17.6 Å². The highest BCUT2D eigenvalue weighted by Gasteiger charge is 2.39. The molecular formula is C13H18FNO2. The number of hydrogen-bond acceptors (Lipinski definition) is 2. The van der Waals surface area contributed by atoms with E-state index >= 15 is 0 Å². The molecule has 1 aromatic carbocycles. The van der Waals surface area contributed by atoms with Gasteiger partial charge in [-0.1, -0.05) is 26.0 Å². The fourth-order valence-electron chi connectivity index (χ4n) is 2.10. The topological polar surface area (TPSA) is 63.3 Å². The molecule has 0 radical (unpaired) electrons. The Kier molecular flexibility index (Phi) is 4.23. The Hall–Kier alpha value is -1.42. The van der Waals surface area contributed by atoms with Crippen molar-refractivity contribution in [2.45, 2.75) is 25.7 Å². The Morgan fingerprint density at radius 1 is 1.53 bits per heavy atom. The van der Waals surface area contributed by atoms with E-state index < -0.39 is 17.2 Å². The number of rotatable bonds is 5. The Labute approximate surface area is 100 Å². The van der Waals surface area contributed by atoms with Gasteiger partial charge in [-0.3, -0.25) is 4.79 Å². The van der Waals surface area contributed by atoms with Crippen LogP contribution in [0.2, 0.25) is 0 Å². The van der Waals surface area contributed by atoms with Crippen molar-refractivity contribution in [2.24, 2.45) is 11.7 Å². The Morgan fingerprint density at radius 3 is 2.59 bits per heavy atom. The molecule has 0 heterocycles. The minimum atomic E-state index is -1.20. The molecule has 0 saturated heterocycles. The average Bonchev–Trinajstić information content (AvgIpc) is 2.25. The molecule has 4 heteroatoms. The number of halogens is 1. The predicted molar refractivity (Wildman–Crippen MR) is 64.2 cm³/mol. The van der Waals surface area contributed by atoms with Crippen molar-refractivity contribution in [3.8, 4) is 0 Å². The molecule has 3 nitrogen and oxygen atoms in total. The van der Waals surface area contributed by atoms with Crippen LogP contribution in [0, 0.1) is 11.7 Å². The van der Waals surface area contributed by atoms with E-state index in [0.717, 1.165) is 0 Å². The summed E-state index contributed by atoms with van der Waals surface area (Å²) in [7, 11) is 0. The van der Waals surface area contributed by atoms with Crippen molar-refractivity contribution in [1.29, 1.82) is 0 Å². The smallest absolute Gasteiger partial charge is 0.315 e. The summed E-state index contributed by atoms with van der Waals surface area (Å²) in [6.07, 6.45) is 0.391. The van der Waals surface area contributed by atoms with Crippen LogP contribution in [-0.2, 0) is 10.2 Å². The van der Waals surface area contributed by atoms with Gasteiger partial charge in [0.25, 0.3) is 0 Å². The third kappa shape index (κ3) is 2.82. The maximum atomic E-state index is 13.2. The fourth-order valence-corrected chi connectivity index (χ4v) is 2.10. The van der Waals surface area contributed by atoms with Crippen molar-refractivity contribution in [2.75, 3.05) is 6.54 Å². The molecule has 0 aliphatic rings. The van der Waals surface area contributed by atoms with Crippen molar-refractivity contribution in [3.63, 3.8) is 0 Å². The second kappa shape index (κ2) is 5.27. The van der Waals surface area contributed by atoms with E-state index in [4.69, 9.17) is 5.73 Å². The summed E-state index contributed by atoms with van der Waals surface area (Å²) >= 11 is 0. The van der Waals surface area contributed by atoms with Crippen LogP contribution in [0.4, 0.5) is 4.39 Å². The summed E-state index contributed by atoms with van der Waals surface area (Å²) in [6.45, 7) is 3.81. The number of benzene rings is 1. The van der Waals surface area contributed by atoms with Gasteiger partial charge in [0.05, 0.1) is 0 Å². The second-order valence-corrected chi connectivity index (χ2v) is 4.70. The van der Waals surface area contributed by atoms with E-state index in [-0.39, 0.29) is 12.5 Å². The summed E-state index contributed by atoms with van der Waals surface area (Å²) in [5, 5.41) is 9.41. The molecular weight excluding hydrogens is 221 g/mol. The van der Waals surface area contributed by atoms with Gasteiger partial charge in [0.2, 0.25) is 0 Å². The lowest BCUT2D eigenvalue weighted by Crippen LogP contribution is -2.44. The maximum absolute atomic E-state index is 13.2. The molecule has 0 aromatic heterocycles. The van der Waals surface area contributed by atoms with E-state index in [0.29, 0.717) is 12.0 Å². The second-order valence-electron chi connectivity index (χ2n) is 4.70. The fraction of sp³-hybridized carbons (Fsp3) is 0.462. The zero-order valence-electron chi connectivity index (χ0n) is 10.1.